The molecule has 0 aromatic heterocycles. The average molecular weight is 252 g/mol. The van der Waals surface area contributed by atoms with E-state index < -0.39 is 0 Å². The molecule has 0 spiro atoms. The molecule has 1 atom stereocenters. The van der Waals surface area contributed by atoms with Crippen LogP contribution in [0.5, 0.6) is 5.75 Å². The highest BCUT2D eigenvalue weighted by molar-refractivity contribution is 5.44. The molecule has 19 heavy (non-hydrogen) atoms. The van der Waals surface area contributed by atoms with Crippen LogP contribution in [0.2, 0.25) is 0 Å². The summed E-state index contributed by atoms with van der Waals surface area (Å²) in [5.74, 6) is 1.06. The normalized spacial score (nSPS) is 17.9. The molecular weight excluding hydrogens is 232 g/mol. The molecule has 3 rings (SSSR count). The SMILES string of the molecule is CC(C)(C)c1ccc2c(c1)O[C@H](c1ccccc1)C2. The minimum Gasteiger partial charge on any atom is -0.485 e. The second-order valence-corrected chi connectivity index (χ2v) is 6.29. The van der Waals surface area contributed by atoms with Gasteiger partial charge in [-0.3, -0.25) is 0 Å². The summed E-state index contributed by atoms with van der Waals surface area (Å²) >= 11 is 0. The quantitative estimate of drug-likeness (QED) is 0.717. The first kappa shape index (κ1) is 12.3. The molecular formula is C18H20O. The molecule has 0 unspecified atom stereocenters. The smallest absolute Gasteiger partial charge is 0.128 e. The van der Waals surface area contributed by atoms with Crippen molar-refractivity contribution in [1.29, 1.82) is 0 Å². The highest BCUT2D eigenvalue weighted by Gasteiger charge is 2.26. The van der Waals surface area contributed by atoms with E-state index in [0.29, 0.717) is 0 Å². The van der Waals surface area contributed by atoms with Crippen LogP contribution in [0.4, 0.5) is 0 Å². The van der Waals surface area contributed by atoms with Gasteiger partial charge in [-0.25, -0.2) is 0 Å². The Morgan fingerprint density at radius 2 is 1.74 bits per heavy atom. The highest BCUT2D eigenvalue weighted by atomic mass is 16.5. The van der Waals surface area contributed by atoms with Crippen LogP contribution >= 0.6 is 0 Å². The number of hydrogen-bond acceptors (Lipinski definition) is 1. The number of rotatable bonds is 1. The van der Waals surface area contributed by atoms with E-state index in [1.807, 2.05) is 6.07 Å². The van der Waals surface area contributed by atoms with Crippen LogP contribution in [-0.4, -0.2) is 0 Å². The molecule has 1 aliphatic rings. The van der Waals surface area contributed by atoms with Gasteiger partial charge in [-0.1, -0.05) is 63.2 Å². The van der Waals surface area contributed by atoms with Crippen LogP contribution in [0, 0.1) is 0 Å². The molecule has 0 fully saturated rings. The first-order chi connectivity index (χ1) is 9.04. The predicted octanol–water partition coefficient (Wildman–Crippen LogP) is 4.66. The molecule has 0 saturated heterocycles. The van der Waals surface area contributed by atoms with Gasteiger partial charge in [0.25, 0.3) is 0 Å². The van der Waals surface area contributed by atoms with E-state index in [-0.39, 0.29) is 11.5 Å². The molecule has 1 heteroatoms. The van der Waals surface area contributed by atoms with Gasteiger partial charge in [-0.15, -0.1) is 0 Å². The van der Waals surface area contributed by atoms with E-state index in [1.165, 1.54) is 16.7 Å². The lowest BCUT2D eigenvalue weighted by atomic mass is 9.86. The first-order valence-electron chi connectivity index (χ1n) is 6.89. The van der Waals surface area contributed by atoms with Gasteiger partial charge in [0, 0.05) is 6.42 Å². The Labute approximate surface area is 115 Å². The van der Waals surface area contributed by atoms with Crippen molar-refractivity contribution in [3.05, 3.63) is 65.2 Å². The largest absolute Gasteiger partial charge is 0.485 e. The Kier molecular flexibility index (Phi) is 2.85. The van der Waals surface area contributed by atoms with E-state index in [2.05, 4.69) is 63.2 Å². The zero-order valence-electron chi connectivity index (χ0n) is 11.8. The molecule has 1 heterocycles. The first-order valence-corrected chi connectivity index (χ1v) is 6.89. The summed E-state index contributed by atoms with van der Waals surface area (Å²) in [6.07, 6.45) is 1.15. The second kappa shape index (κ2) is 4.41. The minimum absolute atomic E-state index is 0.170. The molecule has 0 saturated carbocycles. The summed E-state index contributed by atoms with van der Waals surface area (Å²) in [6.45, 7) is 6.70. The minimum atomic E-state index is 0.170. The average Bonchev–Trinajstić information content (AvgIpc) is 2.81. The van der Waals surface area contributed by atoms with Crippen molar-refractivity contribution < 1.29 is 4.74 Å². The van der Waals surface area contributed by atoms with Crippen molar-refractivity contribution >= 4 is 0 Å². The van der Waals surface area contributed by atoms with Crippen LogP contribution in [0.1, 0.15) is 43.6 Å². The summed E-state index contributed by atoms with van der Waals surface area (Å²) < 4.78 is 6.13. The monoisotopic (exact) mass is 252 g/mol. The number of fused-ring (bicyclic) bond motifs is 1. The lowest BCUT2D eigenvalue weighted by Gasteiger charge is -2.19. The lowest BCUT2D eigenvalue weighted by Crippen LogP contribution is -2.10. The molecule has 2 aromatic carbocycles. The third kappa shape index (κ3) is 2.37. The molecule has 1 nitrogen and oxygen atoms in total. The van der Waals surface area contributed by atoms with E-state index in [9.17, 15) is 0 Å². The maximum Gasteiger partial charge on any atom is 0.128 e. The molecule has 0 amide bonds. The summed E-state index contributed by atoms with van der Waals surface area (Å²) in [5.41, 5.74) is 4.08. The fraction of sp³-hybridized carbons (Fsp3) is 0.333. The molecule has 2 aromatic rings. The van der Waals surface area contributed by atoms with Crippen molar-refractivity contribution in [2.24, 2.45) is 0 Å². The van der Waals surface area contributed by atoms with Crippen LogP contribution in [0.3, 0.4) is 0 Å². The van der Waals surface area contributed by atoms with Crippen LogP contribution in [-0.2, 0) is 11.8 Å². The van der Waals surface area contributed by atoms with E-state index in [1.54, 1.807) is 0 Å². The molecule has 98 valence electrons. The Hall–Kier alpha value is -1.76. The van der Waals surface area contributed by atoms with Gasteiger partial charge in [0.1, 0.15) is 11.9 Å². The number of hydrogen-bond donors (Lipinski definition) is 0. The van der Waals surface area contributed by atoms with E-state index >= 15 is 0 Å². The third-order valence-corrected chi connectivity index (χ3v) is 3.78. The van der Waals surface area contributed by atoms with Gasteiger partial charge in [-0.2, -0.15) is 0 Å². The fourth-order valence-electron chi connectivity index (χ4n) is 2.55. The Balaban J connectivity index is 1.89. The molecule has 0 N–H and O–H groups in total. The van der Waals surface area contributed by atoms with Crippen molar-refractivity contribution in [2.45, 2.75) is 38.7 Å². The maximum absolute atomic E-state index is 6.13. The second-order valence-electron chi connectivity index (χ2n) is 6.29. The van der Waals surface area contributed by atoms with Crippen molar-refractivity contribution in [3.63, 3.8) is 0 Å². The summed E-state index contributed by atoms with van der Waals surface area (Å²) in [7, 11) is 0. The van der Waals surface area contributed by atoms with Crippen LogP contribution in [0.25, 0.3) is 0 Å². The van der Waals surface area contributed by atoms with Crippen molar-refractivity contribution in [2.75, 3.05) is 0 Å². The lowest BCUT2D eigenvalue weighted by molar-refractivity contribution is 0.238. The Bertz CT molecular complexity index is 578. The predicted molar refractivity (Wildman–Crippen MR) is 78.7 cm³/mol. The molecule has 1 aliphatic heterocycles. The topological polar surface area (TPSA) is 9.23 Å². The van der Waals surface area contributed by atoms with Crippen molar-refractivity contribution in [3.8, 4) is 5.75 Å². The highest BCUT2D eigenvalue weighted by Crippen LogP contribution is 2.39. The van der Waals surface area contributed by atoms with Gasteiger partial charge in [-0.05, 0) is 28.2 Å². The summed E-state index contributed by atoms with van der Waals surface area (Å²) in [4.78, 5) is 0. The van der Waals surface area contributed by atoms with E-state index in [4.69, 9.17) is 4.74 Å². The molecule has 0 bridgehead atoms. The summed E-state index contributed by atoms with van der Waals surface area (Å²) in [6, 6.07) is 17.1. The Morgan fingerprint density at radius 1 is 1.00 bits per heavy atom. The molecule has 0 radical (unpaired) electrons. The van der Waals surface area contributed by atoms with Gasteiger partial charge >= 0.3 is 0 Å². The fourth-order valence-corrected chi connectivity index (χ4v) is 2.55. The standard InChI is InChI=1S/C18H20O/c1-18(2,3)15-10-9-14-11-16(19-17(14)12-15)13-7-5-4-6-8-13/h4-10,12,16H,11H2,1-3H3/t16-/m0/s1. The third-order valence-electron chi connectivity index (χ3n) is 3.78. The van der Waals surface area contributed by atoms with E-state index in [0.717, 1.165) is 12.2 Å². The zero-order chi connectivity index (χ0) is 13.5. The van der Waals surface area contributed by atoms with Crippen LogP contribution in [0.15, 0.2) is 48.5 Å². The van der Waals surface area contributed by atoms with Crippen molar-refractivity contribution in [1.82, 2.24) is 0 Å². The number of benzene rings is 2. The molecule has 0 aliphatic carbocycles. The number of ether oxygens (including phenoxy) is 1. The van der Waals surface area contributed by atoms with Crippen LogP contribution < -0.4 is 4.74 Å². The maximum atomic E-state index is 6.13. The zero-order valence-corrected chi connectivity index (χ0v) is 11.8. The summed E-state index contributed by atoms with van der Waals surface area (Å²) in [5, 5.41) is 0. The van der Waals surface area contributed by atoms with Gasteiger partial charge in [0.2, 0.25) is 0 Å². The van der Waals surface area contributed by atoms with Gasteiger partial charge < -0.3 is 4.74 Å². The Morgan fingerprint density at radius 3 is 2.42 bits per heavy atom. The van der Waals surface area contributed by atoms with Gasteiger partial charge in [0.05, 0.1) is 0 Å². The van der Waals surface area contributed by atoms with Gasteiger partial charge in [0.15, 0.2) is 0 Å².